The van der Waals surface area contributed by atoms with E-state index in [0.29, 0.717) is 12.0 Å². The largest absolute Gasteiger partial charge is 0.465 e. The van der Waals surface area contributed by atoms with Crippen LogP contribution in [0.15, 0.2) is 42.7 Å². The lowest BCUT2D eigenvalue weighted by atomic mass is 10.1. The average Bonchev–Trinajstić information content (AvgIpc) is 2.97. The molecule has 0 saturated carbocycles. The second kappa shape index (κ2) is 5.36. The summed E-state index contributed by atoms with van der Waals surface area (Å²) in [6, 6.07) is 9.74. The highest BCUT2D eigenvalue weighted by molar-refractivity contribution is 5.91. The summed E-state index contributed by atoms with van der Waals surface area (Å²) >= 11 is 0. The van der Waals surface area contributed by atoms with Gasteiger partial charge in [0, 0.05) is 11.6 Å². The summed E-state index contributed by atoms with van der Waals surface area (Å²) in [5, 5.41) is 5.36. The molecule has 1 aromatic carbocycles. The molecule has 0 saturated heterocycles. The Bertz CT molecular complexity index is 803. The Kier molecular flexibility index (Phi) is 3.39. The van der Waals surface area contributed by atoms with E-state index in [4.69, 9.17) is 4.74 Å². The van der Waals surface area contributed by atoms with Crippen LogP contribution in [0, 0.1) is 0 Å². The Labute approximate surface area is 122 Å². The van der Waals surface area contributed by atoms with Crippen LogP contribution in [0.3, 0.4) is 0 Å². The lowest BCUT2D eigenvalue weighted by Gasteiger charge is -2.10. The molecule has 2 heterocycles. The minimum atomic E-state index is -0.364. The first-order valence-corrected chi connectivity index (χ1v) is 6.75. The number of hydrogen-bond acceptors (Lipinski definition) is 4. The molecule has 0 amide bonds. The summed E-state index contributed by atoms with van der Waals surface area (Å²) in [7, 11) is 1.38. The Morgan fingerprint density at radius 3 is 2.90 bits per heavy atom. The zero-order chi connectivity index (χ0) is 14.8. The Morgan fingerprint density at radius 2 is 2.14 bits per heavy atom. The van der Waals surface area contributed by atoms with E-state index in [0.717, 1.165) is 22.3 Å². The van der Waals surface area contributed by atoms with Gasteiger partial charge in [0.15, 0.2) is 0 Å². The first-order chi connectivity index (χ1) is 10.3. The third-order valence-electron chi connectivity index (χ3n) is 3.46. The normalized spacial score (nSPS) is 10.8. The standard InChI is InChI=1S/C16H15N3O2/c1-3-14-12(16(20)21-2)10-18-19(14)15-8-4-7-13-11(15)6-5-9-17-13/h4-10H,3H2,1-2H3. The second-order valence-corrected chi connectivity index (χ2v) is 4.61. The van der Waals surface area contributed by atoms with Crippen LogP contribution < -0.4 is 0 Å². The Morgan fingerprint density at radius 1 is 1.29 bits per heavy atom. The molecule has 0 aliphatic heterocycles. The lowest BCUT2D eigenvalue weighted by molar-refractivity contribution is 0.0599. The molecule has 0 atom stereocenters. The summed E-state index contributed by atoms with van der Waals surface area (Å²) in [6.45, 7) is 1.99. The third-order valence-corrected chi connectivity index (χ3v) is 3.46. The van der Waals surface area contributed by atoms with Crippen molar-refractivity contribution in [3.05, 3.63) is 54.0 Å². The number of rotatable bonds is 3. The molecule has 21 heavy (non-hydrogen) atoms. The van der Waals surface area contributed by atoms with Gasteiger partial charge in [0.25, 0.3) is 0 Å². The van der Waals surface area contributed by atoms with Crippen molar-refractivity contribution in [1.82, 2.24) is 14.8 Å². The van der Waals surface area contributed by atoms with Crippen LogP contribution in [0.5, 0.6) is 0 Å². The summed E-state index contributed by atoms with van der Waals surface area (Å²) in [5.41, 5.74) is 3.14. The van der Waals surface area contributed by atoms with Crippen LogP contribution in [0.1, 0.15) is 23.0 Å². The zero-order valence-corrected chi connectivity index (χ0v) is 11.9. The van der Waals surface area contributed by atoms with Crippen molar-refractivity contribution in [3.8, 4) is 5.69 Å². The molecule has 3 rings (SSSR count). The highest BCUT2D eigenvalue weighted by atomic mass is 16.5. The van der Waals surface area contributed by atoms with Crippen molar-refractivity contribution in [2.45, 2.75) is 13.3 Å². The van der Waals surface area contributed by atoms with E-state index in [-0.39, 0.29) is 5.97 Å². The van der Waals surface area contributed by atoms with Gasteiger partial charge in [-0.3, -0.25) is 4.98 Å². The number of hydrogen-bond donors (Lipinski definition) is 0. The summed E-state index contributed by atoms with van der Waals surface area (Å²) in [5.74, 6) is -0.364. The maximum absolute atomic E-state index is 11.8. The number of esters is 1. The van der Waals surface area contributed by atoms with Crippen LogP contribution in [-0.2, 0) is 11.2 Å². The fourth-order valence-electron chi connectivity index (χ4n) is 2.47. The highest BCUT2D eigenvalue weighted by Crippen LogP contribution is 2.23. The maximum Gasteiger partial charge on any atom is 0.341 e. The first-order valence-electron chi connectivity index (χ1n) is 6.75. The van der Waals surface area contributed by atoms with Gasteiger partial charge in [0.05, 0.1) is 30.2 Å². The number of pyridine rings is 1. The van der Waals surface area contributed by atoms with Crippen LogP contribution in [0.4, 0.5) is 0 Å². The van der Waals surface area contributed by atoms with Gasteiger partial charge in [-0.05, 0) is 30.7 Å². The molecule has 0 aliphatic carbocycles. The number of benzene rings is 1. The average molecular weight is 281 g/mol. The summed E-state index contributed by atoms with van der Waals surface area (Å²) in [4.78, 5) is 16.2. The van der Waals surface area contributed by atoms with Gasteiger partial charge in [-0.1, -0.05) is 13.0 Å². The van der Waals surface area contributed by atoms with Gasteiger partial charge in [0.1, 0.15) is 5.56 Å². The van der Waals surface area contributed by atoms with E-state index in [9.17, 15) is 4.79 Å². The van der Waals surface area contributed by atoms with Gasteiger partial charge in [-0.2, -0.15) is 5.10 Å². The molecule has 0 fully saturated rings. The van der Waals surface area contributed by atoms with Crippen molar-refractivity contribution < 1.29 is 9.53 Å². The van der Waals surface area contributed by atoms with E-state index < -0.39 is 0 Å². The Balaban J connectivity index is 2.24. The second-order valence-electron chi connectivity index (χ2n) is 4.61. The highest BCUT2D eigenvalue weighted by Gasteiger charge is 2.18. The molecule has 0 bridgehead atoms. The molecule has 0 radical (unpaired) electrons. The van der Waals surface area contributed by atoms with E-state index in [1.807, 2.05) is 37.3 Å². The molecule has 2 aromatic heterocycles. The fraction of sp³-hybridized carbons (Fsp3) is 0.188. The maximum atomic E-state index is 11.8. The van der Waals surface area contributed by atoms with Gasteiger partial charge in [-0.25, -0.2) is 9.48 Å². The third kappa shape index (κ3) is 2.16. The number of ether oxygens (including phenoxy) is 1. The minimum absolute atomic E-state index is 0.364. The van der Waals surface area contributed by atoms with E-state index in [1.165, 1.54) is 7.11 Å². The topological polar surface area (TPSA) is 57.0 Å². The van der Waals surface area contributed by atoms with Crippen molar-refractivity contribution in [1.29, 1.82) is 0 Å². The van der Waals surface area contributed by atoms with Gasteiger partial charge >= 0.3 is 5.97 Å². The number of aromatic nitrogens is 3. The Hall–Kier alpha value is -2.69. The molecule has 106 valence electrons. The summed E-state index contributed by atoms with van der Waals surface area (Å²) in [6.07, 6.45) is 4.00. The van der Waals surface area contributed by atoms with Crippen molar-refractivity contribution in [2.24, 2.45) is 0 Å². The molecule has 0 N–H and O–H groups in total. The van der Waals surface area contributed by atoms with Gasteiger partial charge < -0.3 is 4.74 Å². The quantitative estimate of drug-likeness (QED) is 0.693. The number of nitrogens with zero attached hydrogens (tertiary/aromatic N) is 3. The van der Waals surface area contributed by atoms with E-state index in [2.05, 4.69) is 10.1 Å². The van der Waals surface area contributed by atoms with E-state index >= 15 is 0 Å². The molecule has 5 heteroatoms. The first kappa shape index (κ1) is 13.3. The van der Waals surface area contributed by atoms with Crippen molar-refractivity contribution in [3.63, 3.8) is 0 Å². The number of fused-ring (bicyclic) bond motifs is 1. The molecular formula is C16H15N3O2. The van der Waals surface area contributed by atoms with E-state index in [1.54, 1.807) is 17.1 Å². The van der Waals surface area contributed by atoms with Crippen LogP contribution in [0.2, 0.25) is 0 Å². The number of carbonyl (C=O) groups excluding carboxylic acids is 1. The minimum Gasteiger partial charge on any atom is -0.465 e. The van der Waals surface area contributed by atoms with Gasteiger partial charge in [-0.15, -0.1) is 0 Å². The molecule has 3 aromatic rings. The van der Waals surface area contributed by atoms with Gasteiger partial charge in [0.2, 0.25) is 0 Å². The molecule has 0 spiro atoms. The predicted molar refractivity (Wildman–Crippen MR) is 79.6 cm³/mol. The molecular weight excluding hydrogens is 266 g/mol. The lowest BCUT2D eigenvalue weighted by Crippen LogP contribution is -2.07. The molecule has 0 aliphatic rings. The fourth-order valence-corrected chi connectivity index (χ4v) is 2.47. The summed E-state index contributed by atoms with van der Waals surface area (Å²) < 4.78 is 6.60. The van der Waals surface area contributed by atoms with Crippen LogP contribution >= 0.6 is 0 Å². The van der Waals surface area contributed by atoms with Crippen molar-refractivity contribution in [2.75, 3.05) is 7.11 Å². The van der Waals surface area contributed by atoms with Crippen LogP contribution in [0.25, 0.3) is 16.6 Å². The van der Waals surface area contributed by atoms with Crippen LogP contribution in [-0.4, -0.2) is 27.8 Å². The number of methoxy groups -OCH3 is 1. The van der Waals surface area contributed by atoms with Crippen molar-refractivity contribution >= 4 is 16.9 Å². The monoisotopic (exact) mass is 281 g/mol. The number of carbonyl (C=O) groups is 1. The smallest absolute Gasteiger partial charge is 0.341 e. The molecule has 0 unspecified atom stereocenters. The zero-order valence-electron chi connectivity index (χ0n) is 11.9. The predicted octanol–water partition coefficient (Wildman–Crippen LogP) is 2.77. The SMILES string of the molecule is CCc1c(C(=O)OC)cnn1-c1cccc2ncccc12. The molecule has 5 nitrogen and oxygen atoms in total.